The standard InChI is InChI=1S/C25H29N7O2S/c1-3-18-8-4-6-10-20(18)26-22(33)16-29-12-14-30(15-13-29)17-31-25(35)32-21-11-7-5-9-19(21)23(34)28(2)24(32)27-31/h4-11H,3,12-17H2,1-2H3,(H,26,33). The molecule has 1 fully saturated rings. The number of nitrogens with one attached hydrogen (secondary N) is 1. The topological polar surface area (TPSA) is 79.8 Å². The fraction of sp³-hybridized carbons (Fsp3) is 0.360. The predicted octanol–water partition coefficient (Wildman–Crippen LogP) is 2.49. The minimum absolute atomic E-state index is 0.00900. The lowest BCUT2D eigenvalue weighted by Crippen LogP contribution is -2.49. The molecule has 1 aliphatic heterocycles. The van der Waals surface area contributed by atoms with E-state index in [2.05, 4.69) is 27.1 Å². The molecule has 9 nitrogen and oxygen atoms in total. The molecule has 0 spiro atoms. The van der Waals surface area contributed by atoms with Crippen LogP contribution in [-0.4, -0.2) is 67.2 Å². The van der Waals surface area contributed by atoms with Crippen LogP contribution in [0.15, 0.2) is 53.3 Å². The molecule has 35 heavy (non-hydrogen) atoms. The number of aryl methyl sites for hydroxylation is 2. The highest BCUT2D eigenvalue weighted by atomic mass is 32.1. The van der Waals surface area contributed by atoms with Gasteiger partial charge in [-0.2, -0.15) is 0 Å². The van der Waals surface area contributed by atoms with Crippen molar-refractivity contribution in [3.8, 4) is 0 Å². The minimum Gasteiger partial charge on any atom is -0.325 e. The number of hydrogen-bond acceptors (Lipinski definition) is 6. The number of piperazine rings is 1. The fourth-order valence-electron chi connectivity index (χ4n) is 4.66. The number of rotatable bonds is 6. The minimum atomic E-state index is -0.0892. The van der Waals surface area contributed by atoms with E-state index in [0.29, 0.717) is 29.1 Å². The van der Waals surface area contributed by atoms with Gasteiger partial charge in [0.1, 0.15) is 0 Å². The zero-order chi connectivity index (χ0) is 24.5. The normalized spacial score (nSPS) is 15.1. The lowest BCUT2D eigenvalue weighted by Gasteiger charge is -2.33. The lowest BCUT2D eigenvalue weighted by molar-refractivity contribution is -0.117. The van der Waals surface area contributed by atoms with Crippen LogP contribution in [0.3, 0.4) is 0 Å². The van der Waals surface area contributed by atoms with Gasteiger partial charge in [0.25, 0.3) is 5.56 Å². The summed E-state index contributed by atoms with van der Waals surface area (Å²) in [5, 5.41) is 8.34. The van der Waals surface area contributed by atoms with Crippen LogP contribution in [0, 0.1) is 4.77 Å². The smallest absolute Gasteiger partial charge is 0.262 e. The van der Waals surface area contributed by atoms with Crippen molar-refractivity contribution in [1.82, 2.24) is 28.5 Å². The summed E-state index contributed by atoms with van der Waals surface area (Å²) in [4.78, 5) is 29.8. The first-order chi connectivity index (χ1) is 17.0. The molecule has 1 saturated heterocycles. The van der Waals surface area contributed by atoms with Gasteiger partial charge < -0.3 is 5.32 Å². The van der Waals surface area contributed by atoms with E-state index >= 15 is 0 Å². The third-order valence-corrected chi connectivity index (χ3v) is 7.03. The maximum Gasteiger partial charge on any atom is 0.262 e. The Labute approximate surface area is 208 Å². The summed E-state index contributed by atoms with van der Waals surface area (Å²) < 4.78 is 5.74. The molecule has 0 saturated carbocycles. The second-order valence-electron chi connectivity index (χ2n) is 8.89. The van der Waals surface area contributed by atoms with Crippen molar-refractivity contribution in [2.24, 2.45) is 7.05 Å². The van der Waals surface area contributed by atoms with Crippen LogP contribution in [0.25, 0.3) is 16.7 Å². The molecule has 1 aliphatic rings. The van der Waals surface area contributed by atoms with Gasteiger partial charge in [-0.3, -0.25) is 28.4 Å². The second-order valence-corrected chi connectivity index (χ2v) is 9.26. The molecule has 1 amide bonds. The Balaban J connectivity index is 1.25. The van der Waals surface area contributed by atoms with Gasteiger partial charge in [0.05, 0.1) is 24.1 Å². The van der Waals surface area contributed by atoms with Crippen LogP contribution in [0.1, 0.15) is 12.5 Å². The van der Waals surface area contributed by atoms with Crippen LogP contribution in [0.4, 0.5) is 5.69 Å². The highest BCUT2D eigenvalue weighted by molar-refractivity contribution is 7.71. The van der Waals surface area contributed by atoms with Crippen LogP contribution in [0.5, 0.6) is 0 Å². The van der Waals surface area contributed by atoms with E-state index in [0.717, 1.165) is 49.4 Å². The summed E-state index contributed by atoms with van der Waals surface area (Å²) in [6, 6.07) is 15.4. The summed E-state index contributed by atoms with van der Waals surface area (Å²) in [7, 11) is 1.72. The van der Waals surface area contributed by atoms with Gasteiger partial charge in [0.2, 0.25) is 16.5 Å². The number of carbonyl (C=O) groups excluding carboxylic acids is 1. The number of anilines is 1. The molecule has 0 bridgehead atoms. The van der Waals surface area contributed by atoms with Crippen molar-refractivity contribution in [1.29, 1.82) is 0 Å². The monoisotopic (exact) mass is 491 g/mol. The predicted molar refractivity (Wildman–Crippen MR) is 139 cm³/mol. The molecule has 2 aromatic carbocycles. The number of hydrogen-bond donors (Lipinski definition) is 1. The SMILES string of the molecule is CCc1ccccc1NC(=O)CN1CCN(Cn2nc3n(C)c(=O)c4ccccc4n3c2=S)CC1. The summed E-state index contributed by atoms with van der Waals surface area (Å²) in [6.45, 7) is 6.15. The molecule has 10 heteroatoms. The van der Waals surface area contributed by atoms with E-state index < -0.39 is 0 Å². The van der Waals surface area contributed by atoms with Crippen molar-refractivity contribution in [2.75, 3.05) is 38.0 Å². The van der Waals surface area contributed by atoms with E-state index in [1.807, 2.05) is 52.9 Å². The van der Waals surface area contributed by atoms with Crippen molar-refractivity contribution in [2.45, 2.75) is 20.0 Å². The Morgan fingerprint density at radius 1 is 1.03 bits per heavy atom. The van der Waals surface area contributed by atoms with Crippen LogP contribution < -0.4 is 10.9 Å². The first kappa shape index (κ1) is 23.4. The maximum atomic E-state index is 12.7. The molecule has 182 valence electrons. The Kier molecular flexibility index (Phi) is 6.50. The van der Waals surface area contributed by atoms with Crippen molar-refractivity contribution in [3.63, 3.8) is 0 Å². The number of aromatic nitrogens is 4. The summed E-state index contributed by atoms with van der Waals surface area (Å²) in [6.07, 6.45) is 0.880. The largest absolute Gasteiger partial charge is 0.325 e. The first-order valence-electron chi connectivity index (χ1n) is 11.9. The molecule has 2 aromatic heterocycles. The van der Waals surface area contributed by atoms with Crippen LogP contribution in [0.2, 0.25) is 0 Å². The molecule has 3 heterocycles. The second kappa shape index (κ2) is 9.73. The third-order valence-electron chi connectivity index (χ3n) is 6.64. The third kappa shape index (κ3) is 4.52. The molecule has 4 aromatic rings. The molecule has 0 atom stereocenters. The first-order valence-corrected chi connectivity index (χ1v) is 12.3. The summed E-state index contributed by atoms with van der Waals surface area (Å²) in [5.41, 5.74) is 2.71. The number of para-hydroxylation sites is 2. The van der Waals surface area contributed by atoms with Crippen LogP contribution >= 0.6 is 12.2 Å². The Bertz CT molecular complexity index is 1510. The Hall–Kier alpha value is -3.34. The van der Waals surface area contributed by atoms with E-state index in [-0.39, 0.29) is 11.5 Å². The van der Waals surface area contributed by atoms with E-state index in [1.165, 1.54) is 0 Å². The molecule has 0 unspecified atom stereocenters. The number of benzene rings is 2. The van der Waals surface area contributed by atoms with Crippen molar-refractivity contribution in [3.05, 3.63) is 69.2 Å². The fourth-order valence-corrected chi connectivity index (χ4v) is 4.94. The zero-order valence-corrected chi connectivity index (χ0v) is 20.8. The van der Waals surface area contributed by atoms with Crippen LogP contribution in [-0.2, 0) is 24.9 Å². The highest BCUT2D eigenvalue weighted by Gasteiger charge is 2.21. The number of nitrogens with zero attached hydrogens (tertiary/aromatic N) is 6. The van der Waals surface area contributed by atoms with Gasteiger partial charge in [-0.1, -0.05) is 37.3 Å². The van der Waals surface area contributed by atoms with E-state index in [1.54, 1.807) is 16.3 Å². The van der Waals surface area contributed by atoms with Gasteiger partial charge >= 0.3 is 0 Å². The average Bonchev–Trinajstić information content (AvgIpc) is 3.20. The number of fused-ring (bicyclic) bond motifs is 3. The van der Waals surface area contributed by atoms with Gasteiger partial charge in [-0.15, -0.1) is 5.10 Å². The van der Waals surface area contributed by atoms with E-state index in [9.17, 15) is 9.59 Å². The molecular weight excluding hydrogens is 462 g/mol. The quantitative estimate of drug-likeness (QED) is 0.418. The number of amides is 1. The van der Waals surface area contributed by atoms with Gasteiger partial charge in [-0.25, -0.2) is 4.68 Å². The van der Waals surface area contributed by atoms with E-state index in [4.69, 9.17) is 12.2 Å². The average molecular weight is 492 g/mol. The van der Waals surface area contributed by atoms with Gasteiger partial charge in [-0.05, 0) is 42.4 Å². The summed E-state index contributed by atoms with van der Waals surface area (Å²) >= 11 is 5.75. The number of carbonyl (C=O) groups is 1. The van der Waals surface area contributed by atoms with Crippen molar-refractivity contribution < 1.29 is 4.79 Å². The maximum absolute atomic E-state index is 12.7. The molecule has 5 rings (SSSR count). The molecular formula is C25H29N7O2S. The summed E-state index contributed by atoms with van der Waals surface area (Å²) in [5.74, 6) is 0.538. The Morgan fingerprint density at radius 2 is 1.71 bits per heavy atom. The van der Waals surface area contributed by atoms with Gasteiger partial charge in [0, 0.05) is 38.9 Å². The van der Waals surface area contributed by atoms with Crippen molar-refractivity contribution >= 4 is 40.5 Å². The molecule has 0 radical (unpaired) electrons. The lowest BCUT2D eigenvalue weighted by atomic mass is 10.1. The molecule has 1 N–H and O–H groups in total. The highest BCUT2D eigenvalue weighted by Crippen LogP contribution is 2.16. The Morgan fingerprint density at radius 3 is 2.49 bits per heavy atom. The molecule has 0 aliphatic carbocycles. The van der Waals surface area contributed by atoms with Gasteiger partial charge in [0.15, 0.2) is 0 Å². The zero-order valence-electron chi connectivity index (χ0n) is 20.0.